The molecule has 1 aliphatic heterocycles. The first-order valence-electron chi connectivity index (χ1n) is 3.25. The molecule has 0 fully saturated rings. The molecular weight excluding hydrogens is 140 g/mol. The molecule has 0 radical (unpaired) electrons. The van der Waals surface area contributed by atoms with Gasteiger partial charge in [0.25, 0.3) is 0 Å². The van der Waals surface area contributed by atoms with Crippen molar-refractivity contribution in [1.82, 2.24) is 0 Å². The summed E-state index contributed by atoms with van der Waals surface area (Å²) in [6.07, 6.45) is 13.6. The monoisotopic (exact) mass is 147 g/mol. The van der Waals surface area contributed by atoms with E-state index in [1.165, 1.54) is 5.57 Å². The third-order valence-corrected chi connectivity index (χ3v) is 2.52. The molecule has 0 amide bonds. The van der Waals surface area contributed by atoms with Crippen molar-refractivity contribution in [2.45, 2.75) is 5.25 Å². The standard InChI is InChI=1S/C9H7S/c1-2-6-9-8(4-1)5-3-7-10-9/h1-4,6-7,9H/q+1. The fourth-order valence-electron chi connectivity index (χ4n) is 1.03. The summed E-state index contributed by atoms with van der Waals surface area (Å²) in [6, 6.07) is 0. The van der Waals surface area contributed by atoms with Crippen LogP contribution in [-0.4, -0.2) is 5.25 Å². The van der Waals surface area contributed by atoms with Crippen molar-refractivity contribution in [3.63, 3.8) is 0 Å². The minimum atomic E-state index is 0.523. The molecule has 10 heavy (non-hydrogen) atoms. The van der Waals surface area contributed by atoms with E-state index in [0.717, 1.165) is 0 Å². The Balaban J connectivity index is 2.34. The lowest BCUT2D eigenvalue weighted by Gasteiger charge is -2.08. The van der Waals surface area contributed by atoms with E-state index in [0.29, 0.717) is 5.25 Å². The first kappa shape index (κ1) is 5.96. The van der Waals surface area contributed by atoms with Gasteiger partial charge in [0.2, 0.25) is 0 Å². The Kier molecular flexibility index (Phi) is 1.46. The zero-order chi connectivity index (χ0) is 6.81. The van der Waals surface area contributed by atoms with Crippen LogP contribution < -0.4 is 0 Å². The highest BCUT2D eigenvalue weighted by Gasteiger charge is 2.19. The predicted octanol–water partition coefficient (Wildman–Crippen LogP) is 2.47. The summed E-state index contributed by atoms with van der Waals surface area (Å²) in [7, 11) is 0. The van der Waals surface area contributed by atoms with E-state index in [4.69, 9.17) is 0 Å². The van der Waals surface area contributed by atoms with Gasteiger partial charge in [-0.15, -0.1) is 0 Å². The summed E-state index contributed by atoms with van der Waals surface area (Å²) in [5.74, 6) is 0. The summed E-state index contributed by atoms with van der Waals surface area (Å²) in [5.41, 5.74) is 1.29. The van der Waals surface area contributed by atoms with Crippen LogP contribution in [0.5, 0.6) is 0 Å². The number of hydrogen-bond donors (Lipinski definition) is 0. The van der Waals surface area contributed by atoms with Gasteiger partial charge in [-0.3, -0.25) is 0 Å². The van der Waals surface area contributed by atoms with Crippen LogP contribution in [-0.2, 0) is 0 Å². The van der Waals surface area contributed by atoms with E-state index in [-0.39, 0.29) is 0 Å². The van der Waals surface area contributed by atoms with Crippen LogP contribution in [0.4, 0.5) is 0 Å². The zero-order valence-electron chi connectivity index (χ0n) is 5.45. The molecule has 48 valence electrons. The maximum Gasteiger partial charge on any atom is 0.133 e. The van der Waals surface area contributed by atoms with Crippen LogP contribution in [0.3, 0.4) is 0 Å². The molecule has 0 saturated carbocycles. The molecule has 0 aromatic carbocycles. The fraction of sp³-hybridized carbons (Fsp3) is 0.111. The SMILES string of the molecule is [C+]1=C2C=CC=CC2SC=C1. The third-order valence-electron chi connectivity index (χ3n) is 1.52. The third kappa shape index (κ3) is 0.942. The molecule has 0 nitrogen and oxygen atoms in total. The highest BCUT2D eigenvalue weighted by atomic mass is 32.2. The Labute approximate surface area is 65.0 Å². The zero-order valence-corrected chi connectivity index (χ0v) is 6.27. The van der Waals surface area contributed by atoms with Crippen molar-refractivity contribution in [3.8, 4) is 0 Å². The number of thioether (sulfide) groups is 1. The van der Waals surface area contributed by atoms with Gasteiger partial charge >= 0.3 is 0 Å². The Morgan fingerprint density at radius 3 is 3.30 bits per heavy atom. The Morgan fingerprint density at radius 2 is 2.40 bits per heavy atom. The highest BCUT2D eigenvalue weighted by molar-refractivity contribution is 8.03. The maximum atomic E-state index is 3.20. The quantitative estimate of drug-likeness (QED) is 0.474. The highest BCUT2D eigenvalue weighted by Crippen LogP contribution is 2.28. The number of fused-ring (bicyclic) bond motifs is 1. The lowest BCUT2D eigenvalue weighted by Crippen LogP contribution is -2.04. The second-order valence-electron chi connectivity index (χ2n) is 2.20. The Hall–Kier alpha value is -0.780. The number of hydrogen-bond acceptors (Lipinski definition) is 1. The second kappa shape index (κ2) is 2.45. The van der Waals surface area contributed by atoms with E-state index in [2.05, 4.69) is 35.8 Å². The van der Waals surface area contributed by atoms with Crippen LogP contribution >= 0.6 is 11.8 Å². The van der Waals surface area contributed by atoms with Gasteiger partial charge in [0.1, 0.15) is 11.6 Å². The van der Waals surface area contributed by atoms with E-state index in [1.54, 1.807) is 0 Å². The van der Waals surface area contributed by atoms with E-state index in [1.807, 2.05) is 17.8 Å². The summed E-state index contributed by atoms with van der Waals surface area (Å²) < 4.78 is 0. The lowest BCUT2D eigenvalue weighted by atomic mass is 10.1. The lowest BCUT2D eigenvalue weighted by molar-refractivity contribution is 1.27. The number of rotatable bonds is 0. The molecule has 0 spiro atoms. The van der Waals surface area contributed by atoms with Gasteiger partial charge in [-0.1, -0.05) is 12.2 Å². The molecule has 2 aliphatic rings. The molecule has 0 bridgehead atoms. The molecule has 1 atom stereocenters. The largest absolute Gasteiger partial charge is 0.133 e. The topological polar surface area (TPSA) is 0 Å². The predicted molar refractivity (Wildman–Crippen MR) is 45.6 cm³/mol. The first-order valence-corrected chi connectivity index (χ1v) is 4.20. The van der Waals surface area contributed by atoms with Crippen molar-refractivity contribution >= 4 is 11.8 Å². The van der Waals surface area contributed by atoms with Gasteiger partial charge in [0, 0.05) is 12.2 Å². The molecule has 1 heteroatoms. The smallest absolute Gasteiger partial charge is 0.0614 e. The number of allylic oxidation sites excluding steroid dienone is 5. The van der Waals surface area contributed by atoms with Gasteiger partial charge < -0.3 is 0 Å². The van der Waals surface area contributed by atoms with Gasteiger partial charge in [-0.05, 0) is 17.8 Å². The molecule has 2 rings (SSSR count). The van der Waals surface area contributed by atoms with Crippen LogP contribution in [0.15, 0.2) is 41.4 Å². The molecule has 1 heterocycles. The van der Waals surface area contributed by atoms with Crippen molar-refractivity contribution < 1.29 is 0 Å². The molecule has 0 saturated heterocycles. The average Bonchev–Trinajstić information content (AvgIpc) is 2.05. The normalized spacial score (nSPS) is 27.2. The van der Waals surface area contributed by atoms with E-state index >= 15 is 0 Å². The van der Waals surface area contributed by atoms with E-state index < -0.39 is 0 Å². The van der Waals surface area contributed by atoms with E-state index in [9.17, 15) is 0 Å². The van der Waals surface area contributed by atoms with Gasteiger partial charge in [0.05, 0.1) is 10.7 Å². The fourth-order valence-corrected chi connectivity index (χ4v) is 1.82. The molecule has 0 aromatic rings. The molecular formula is C9H7S+. The summed E-state index contributed by atoms with van der Waals surface area (Å²) in [4.78, 5) is 0. The van der Waals surface area contributed by atoms with Gasteiger partial charge in [-0.25, -0.2) is 0 Å². The molecule has 1 unspecified atom stereocenters. The Bertz CT molecular complexity index is 243. The Morgan fingerprint density at radius 1 is 1.40 bits per heavy atom. The van der Waals surface area contributed by atoms with Gasteiger partial charge in [-0.2, -0.15) is 0 Å². The maximum absolute atomic E-state index is 3.20. The van der Waals surface area contributed by atoms with Crippen LogP contribution in [0, 0.1) is 6.08 Å². The van der Waals surface area contributed by atoms with Crippen LogP contribution in [0.25, 0.3) is 0 Å². The van der Waals surface area contributed by atoms with Gasteiger partial charge in [0.15, 0.2) is 0 Å². The van der Waals surface area contributed by atoms with Crippen molar-refractivity contribution in [3.05, 3.63) is 47.4 Å². The minimum Gasteiger partial charge on any atom is -0.0614 e. The molecule has 0 aromatic heterocycles. The summed E-state index contributed by atoms with van der Waals surface area (Å²) in [6.45, 7) is 0. The van der Waals surface area contributed by atoms with Crippen LogP contribution in [0.2, 0.25) is 0 Å². The van der Waals surface area contributed by atoms with Crippen molar-refractivity contribution in [1.29, 1.82) is 0 Å². The summed E-state index contributed by atoms with van der Waals surface area (Å²) in [5, 5.41) is 2.60. The second-order valence-corrected chi connectivity index (χ2v) is 3.26. The van der Waals surface area contributed by atoms with Crippen LogP contribution in [0.1, 0.15) is 0 Å². The first-order chi connectivity index (χ1) is 4.97. The molecule has 1 aliphatic carbocycles. The van der Waals surface area contributed by atoms with Crippen molar-refractivity contribution in [2.24, 2.45) is 0 Å². The summed E-state index contributed by atoms with van der Waals surface area (Å²) >= 11 is 1.83. The molecule has 0 N–H and O–H groups in total. The average molecular weight is 147 g/mol. The van der Waals surface area contributed by atoms with Crippen molar-refractivity contribution in [2.75, 3.05) is 0 Å². The minimum absolute atomic E-state index is 0.523.